The van der Waals surface area contributed by atoms with Gasteiger partial charge in [0.1, 0.15) is 12.4 Å². The predicted molar refractivity (Wildman–Crippen MR) is 161 cm³/mol. The third-order valence-corrected chi connectivity index (χ3v) is 8.63. The van der Waals surface area contributed by atoms with Crippen LogP contribution in [-0.4, -0.2) is 31.9 Å². The number of fused-ring (bicyclic) bond motifs is 1. The molecule has 0 unspecified atom stereocenters. The number of rotatable bonds is 10. The number of amides is 1. The first-order chi connectivity index (χ1) is 21.1. The first-order valence-electron chi connectivity index (χ1n) is 14.5. The van der Waals surface area contributed by atoms with Gasteiger partial charge in [-0.25, -0.2) is 4.39 Å². The summed E-state index contributed by atoms with van der Waals surface area (Å²) in [6.07, 6.45) is 1.10. The number of benzene rings is 2. The molecular weight excluding hydrogens is 592 g/mol. The van der Waals surface area contributed by atoms with E-state index in [0.29, 0.717) is 53.7 Å². The second kappa shape index (κ2) is 13.8. The summed E-state index contributed by atoms with van der Waals surface area (Å²) in [5.41, 5.74) is 3.30. The number of alkyl halides is 3. The highest BCUT2D eigenvalue weighted by Crippen LogP contribution is 2.31. The van der Waals surface area contributed by atoms with Gasteiger partial charge in [-0.3, -0.25) is 14.6 Å². The van der Waals surface area contributed by atoms with Crippen LogP contribution in [0.3, 0.4) is 0 Å². The summed E-state index contributed by atoms with van der Waals surface area (Å²) in [6, 6.07) is 14.6. The molecule has 2 heterocycles. The minimum Gasteiger partial charge on any atom is -0.337 e. The van der Waals surface area contributed by atoms with E-state index in [1.807, 2.05) is 17.6 Å². The van der Waals surface area contributed by atoms with E-state index in [-0.39, 0.29) is 23.8 Å². The first kappa shape index (κ1) is 31.4. The Hall–Kier alpha value is -3.99. The maximum Gasteiger partial charge on any atom is 0.416 e. The molecule has 11 heteroatoms. The first-order valence-corrected chi connectivity index (χ1v) is 15.5. The monoisotopic (exact) mass is 624 g/mol. The SMILES string of the molecule is CCCN(Cc1ccc(-c2ccc(C(F)(F)F)cc2)nc1)C(=O)Cn1c(SCc2ccc(F)cc2)nc(=O)c2c1CCCC2. The molecule has 1 amide bonds. The molecule has 4 aromatic rings. The number of thioether (sulfide) groups is 1. The molecule has 0 aliphatic heterocycles. The van der Waals surface area contributed by atoms with Crippen LogP contribution < -0.4 is 5.56 Å². The number of carbonyl (C=O) groups is 1. The number of hydrogen-bond acceptors (Lipinski definition) is 5. The van der Waals surface area contributed by atoms with E-state index in [9.17, 15) is 27.2 Å². The van der Waals surface area contributed by atoms with Crippen molar-refractivity contribution in [1.82, 2.24) is 19.4 Å². The number of hydrogen-bond donors (Lipinski definition) is 0. The van der Waals surface area contributed by atoms with Crippen molar-refractivity contribution in [1.29, 1.82) is 0 Å². The third-order valence-electron chi connectivity index (χ3n) is 7.58. The molecule has 0 spiro atoms. The number of carbonyl (C=O) groups excluding carboxylic acids is 1. The van der Waals surface area contributed by atoms with Crippen molar-refractivity contribution in [3.63, 3.8) is 0 Å². The summed E-state index contributed by atoms with van der Waals surface area (Å²) >= 11 is 1.35. The Labute approximate surface area is 257 Å². The average Bonchev–Trinajstić information content (AvgIpc) is 3.02. The Morgan fingerprint density at radius 3 is 2.34 bits per heavy atom. The van der Waals surface area contributed by atoms with Gasteiger partial charge in [0.05, 0.1) is 11.3 Å². The smallest absolute Gasteiger partial charge is 0.337 e. The molecule has 0 bridgehead atoms. The molecule has 0 atom stereocenters. The minimum atomic E-state index is -4.40. The molecule has 0 N–H and O–H groups in total. The summed E-state index contributed by atoms with van der Waals surface area (Å²) in [7, 11) is 0. The van der Waals surface area contributed by atoms with E-state index >= 15 is 0 Å². The fourth-order valence-electron chi connectivity index (χ4n) is 5.29. The lowest BCUT2D eigenvalue weighted by Crippen LogP contribution is -2.36. The molecule has 0 fully saturated rings. The van der Waals surface area contributed by atoms with Crippen molar-refractivity contribution in [3.8, 4) is 11.3 Å². The molecule has 0 saturated carbocycles. The van der Waals surface area contributed by atoms with E-state index in [2.05, 4.69) is 9.97 Å². The molecule has 2 aromatic heterocycles. The average molecular weight is 625 g/mol. The van der Waals surface area contributed by atoms with Crippen LogP contribution in [0.2, 0.25) is 0 Å². The largest absolute Gasteiger partial charge is 0.416 e. The molecule has 0 radical (unpaired) electrons. The molecule has 44 heavy (non-hydrogen) atoms. The molecule has 230 valence electrons. The second-order valence-corrected chi connectivity index (χ2v) is 11.7. The highest BCUT2D eigenvalue weighted by atomic mass is 32.2. The Balaban J connectivity index is 1.34. The topological polar surface area (TPSA) is 68.1 Å². The van der Waals surface area contributed by atoms with Gasteiger partial charge in [0.15, 0.2) is 5.16 Å². The lowest BCUT2D eigenvalue weighted by Gasteiger charge is -2.27. The van der Waals surface area contributed by atoms with Gasteiger partial charge in [-0.2, -0.15) is 18.2 Å². The van der Waals surface area contributed by atoms with E-state index in [0.717, 1.165) is 48.2 Å². The van der Waals surface area contributed by atoms with Crippen LogP contribution in [0, 0.1) is 5.82 Å². The minimum absolute atomic E-state index is 0.0262. The van der Waals surface area contributed by atoms with E-state index < -0.39 is 11.7 Å². The van der Waals surface area contributed by atoms with Crippen molar-refractivity contribution in [2.24, 2.45) is 0 Å². The van der Waals surface area contributed by atoms with Gasteiger partial charge >= 0.3 is 6.18 Å². The Kier molecular flexibility index (Phi) is 9.83. The third kappa shape index (κ3) is 7.56. The number of halogens is 4. The van der Waals surface area contributed by atoms with Crippen molar-refractivity contribution in [3.05, 3.63) is 111 Å². The molecule has 6 nitrogen and oxygen atoms in total. The zero-order valence-electron chi connectivity index (χ0n) is 24.2. The van der Waals surface area contributed by atoms with Crippen LogP contribution in [-0.2, 0) is 42.7 Å². The van der Waals surface area contributed by atoms with Gasteiger partial charge in [-0.05, 0) is 73.6 Å². The van der Waals surface area contributed by atoms with Crippen LogP contribution in [0.1, 0.15) is 54.1 Å². The van der Waals surface area contributed by atoms with Crippen LogP contribution in [0.15, 0.2) is 76.8 Å². The summed E-state index contributed by atoms with van der Waals surface area (Å²) in [5, 5.41) is 0.465. The zero-order valence-corrected chi connectivity index (χ0v) is 25.1. The van der Waals surface area contributed by atoms with Crippen molar-refractivity contribution in [2.45, 2.75) is 69.2 Å². The van der Waals surface area contributed by atoms with Gasteiger partial charge < -0.3 is 9.47 Å². The lowest BCUT2D eigenvalue weighted by molar-refractivity contribution is -0.137. The summed E-state index contributed by atoms with van der Waals surface area (Å²) < 4.78 is 54.1. The summed E-state index contributed by atoms with van der Waals surface area (Å²) in [6.45, 7) is 2.83. The molecule has 0 saturated heterocycles. The van der Waals surface area contributed by atoms with Gasteiger partial charge in [-0.15, -0.1) is 0 Å². The van der Waals surface area contributed by atoms with Crippen LogP contribution in [0.4, 0.5) is 17.6 Å². The second-order valence-electron chi connectivity index (χ2n) is 10.8. The van der Waals surface area contributed by atoms with Crippen molar-refractivity contribution in [2.75, 3.05) is 6.54 Å². The fraction of sp³-hybridized carbons (Fsp3) is 0.333. The normalized spacial score (nSPS) is 13.0. The Morgan fingerprint density at radius 2 is 1.68 bits per heavy atom. The maximum atomic E-state index is 13.8. The van der Waals surface area contributed by atoms with E-state index in [4.69, 9.17) is 0 Å². The van der Waals surface area contributed by atoms with Gasteiger partial charge in [0.2, 0.25) is 5.91 Å². The summed E-state index contributed by atoms with van der Waals surface area (Å²) in [4.78, 5) is 37.2. The Bertz CT molecular complexity index is 1650. The van der Waals surface area contributed by atoms with E-state index in [1.165, 1.54) is 36.0 Å². The maximum absolute atomic E-state index is 13.8. The highest BCUT2D eigenvalue weighted by molar-refractivity contribution is 7.98. The quantitative estimate of drug-likeness (QED) is 0.107. The molecule has 5 rings (SSSR count). The number of aromatic nitrogens is 3. The molecular formula is C33H32F4N4O2S. The molecule has 2 aromatic carbocycles. The Morgan fingerprint density at radius 1 is 0.977 bits per heavy atom. The predicted octanol–water partition coefficient (Wildman–Crippen LogP) is 7.07. The van der Waals surface area contributed by atoms with Crippen LogP contribution >= 0.6 is 11.8 Å². The fourth-order valence-corrected chi connectivity index (χ4v) is 6.25. The lowest BCUT2D eigenvalue weighted by atomic mass is 9.97. The zero-order chi connectivity index (χ0) is 31.3. The highest BCUT2D eigenvalue weighted by Gasteiger charge is 2.30. The number of nitrogens with zero attached hydrogens (tertiary/aromatic N) is 4. The van der Waals surface area contributed by atoms with Crippen molar-refractivity contribution >= 4 is 17.7 Å². The van der Waals surface area contributed by atoms with Gasteiger partial charge in [0, 0.05) is 41.9 Å². The molecule has 1 aliphatic carbocycles. The van der Waals surface area contributed by atoms with Crippen LogP contribution in [0.25, 0.3) is 11.3 Å². The van der Waals surface area contributed by atoms with Gasteiger partial charge in [-0.1, -0.05) is 49.0 Å². The van der Waals surface area contributed by atoms with E-state index in [1.54, 1.807) is 29.3 Å². The summed E-state index contributed by atoms with van der Waals surface area (Å²) in [5.74, 6) is 0.0177. The van der Waals surface area contributed by atoms with Gasteiger partial charge in [0.25, 0.3) is 5.56 Å². The standard InChI is InChI=1S/C33H32F4N4O2S/c1-2-17-40(19-23-9-16-28(38-18-23)24-10-12-25(13-11-24)33(35,36)37)30(42)20-41-29-6-4-3-5-27(29)31(43)39-32(41)44-21-22-7-14-26(34)15-8-22/h7-16,18H,2-6,17,19-21H2,1H3. The molecule has 1 aliphatic rings. The van der Waals surface area contributed by atoms with Crippen molar-refractivity contribution < 1.29 is 22.4 Å². The van der Waals surface area contributed by atoms with Crippen LogP contribution in [0.5, 0.6) is 0 Å². The number of pyridine rings is 1.